The Hall–Kier alpha value is -9.24. The van der Waals surface area contributed by atoms with Gasteiger partial charge in [-0.3, -0.25) is 0 Å². The Bertz CT molecular complexity index is 3810. The number of hydrogen-bond acceptors (Lipinski definition) is 2. The summed E-state index contributed by atoms with van der Waals surface area (Å²) in [4.78, 5) is 10.7. The van der Waals surface area contributed by atoms with Crippen molar-refractivity contribution in [2.75, 3.05) is 0 Å². The first-order chi connectivity index (χ1) is 34.6. The molecule has 0 saturated heterocycles. The average molecular weight is 891 g/mol. The standard InChI is InChI=1S/C68H46N2/c1-3-16-47(17-4-1)52-22-9-25-55(40-52)57-27-11-24-54(42-57)49-36-38-51(39-37-49)66-46-67(70-68(69-66)63-33-14-31-61(45-63)65-35-15-21-50-20-7-8-34-64(50)65)62-32-13-30-60(44-62)59-29-12-28-58(43-59)56-26-10-23-53(41-56)48-18-5-2-6-19-48/h1-46H. The van der Waals surface area contributed by atoms with E-state index in [1.165, 1.54) is 60.8 Å². The third-order valence-electron chi connectivity index (χ3n) is 13.3. The van der Waals surface area contributed by atoms with Crippen molar-refractivity contribution in [1.82, 2.24) is 9.97 Å². The van der Waals surface area contributed by atoms with Crippen LogP contribution in [0.5, 0.6) is 0 Å². The second-order valence-electron chi connectivity index (χ2n) is 17.8. The van der Waals surface area contributed by atoms with Crippen LogP contribution in [0.4, 0.5) is 0 Å². The number of hydrogen-bond donors (Lipinski definition) is 0. The van der Waals surface area contributed by atoms with E-state index in [-0.39, 0.29) is 0 Å². The molecule has 70 heavy (non-hydrogen) atoms. The highest BCUT2D eigenvalue weighted by molar-refractivity contribution is 5.97. The molecule has 0 atom stereocenters. The van der Waals surface area contributed by atoms with Gasteiger partial charge in [0.25, 0.3) is 0 Å². The van der Waals surface area contributed by atoms with Crippen LogP contribution >= 0.6 is 0 Å². The van der Waals surface area contributed by atoms with Gasteiger partial charge < -0.3 is 0 Å². The maximum Gasteiger partial charge on any atom is 0.160 e. The number of rotatable bonds is 10. The van der Waals surface area contributed by atoms with E-state index >= 15 is 0 Å². The summed E-state index contributed by atoms with van der Waals surface area (Å²) in [6.45, 7) is 0. The van der Waals surface area contributed by atoms with Gasteiger partial charge in [0.15, 0.2) is 5.82 Å². The molecule has 2 heteroatoms. The van der Waals surface area contributed by atoms with Crippen LogP contribution in [0, 0.1) is 0 Å². The second kappa shape index (κ2) is 18.8. The quantitative estimate of drug-likeness (QED) is 0.137. The monoisotopic (exact) mass is 890 g/mol. The number of benzene rings is 11. The van der Waals surface area contributed by atoms with Gasteiger partial charge in [0, 0.05) is 16.7 Å². The fraction of sp³-hybridized carbons (Fsp3) is 0. The summed E-state index contributed by atoms with van der Waals surface area (Å²) in [6, 6.07) is 99.7. The SMILES string of the molecule is c1ccc(-c2cccc(-c3cccc(-c4ccc(-c5cc(-c6cccc(-c7cccc(-c8cccc(-c9ccccc9)c8)c7)c6)nc(-c6cccc(-c7cccc8ccccc78)c6)n5)cc4)c3)c2)cc1. The molecular weight excluding hydrogens is 845 g/mol. The lowest BCUT2D eigenvalue weighted by Gasteiger charge is -2.13. The molecule has 0 spiro atoms. The van der Waals surface area contributed by atoms with E-state index in [1.807, 2.05) is 0 Å². The Balaban J connectivity index is 0.914. The van der Waals surface area contributed by atoms with Gasteiger partial charge in [-0.25, -0.2) is 9.97 Å². The maximum atomic E-state index is 5.35. The lowest BCUT2D eigenvalue weighted by molar-refractivity contribution is 1.18. The van der Waals surface area contributed by atoms with E-state index < -0.39 is 0 Å². The van der Waals surface area contributed by atoms with Gasteiger partial charge in [0.1, 0.15) is 0 Å². The predicted molar refractivity (Wildman–Crippen MR) is 294 cm³/mol. The summed E-state index contributed by atoms with van der Waals surface area (Å²) in [5, 5.41) is 2.43. The van der Waals surface area contributed by atoms with Crippen LogP contribution in [0.2, 0.25) is 0 Å². The van der Waals surface area contributed by atoms with Gasteiger partial charge in [-0.2, -0.15) is 0 Å². The molecule has 1 heterocycles. The summed E-state index contributed by atoms with van der Waals surface area (Å²) in [7, 11) is 0. The Morgan fingerprint density at radius 2 is 0.500 bits per heavy atom. The van der Waals surface area contributed by atoms with Gasteiger partial charge in [0.2, 0.25) is 0 Å². The van der Waals surface area contributed by atoms with E-state index in [0.717, 1.165) is 55.9 Å². The molecule has 0 aliphatic carbocycles. The van der Waals surface area contributed by atoms with Crippen LogP contribution < -0.4 is 0 Å². The molecule has 1 aromatic heterocycles. The summed E-state index contributed by atoms with van der Waals surface area (Å²) >= 11 is 0. The zero-order valence-corrected chi connectivity index (χ0v) is 38.5. The van der Waals surface area contributed by atoms with Crippen LogP contribution in [0.1, 0.15) is 0 Å². The first-order valence-corrected chi connectivity index (χ1v) is 23.9. The Morgan fingerprint density at radius 1 is 0.186 bits per heavy atom. The Labute approximate surface area is 409 Å². The van der Waals surface area contributed by atoms with Gasteiger partial charge in [0.05, 0.1) is 11.4 Å². The van der Waals surface area contributed by atoms with Crippen LogP contribution in [-0.4, -0.2) is 9.97 Å². The molecule has 0 bridgehead atoms. The average Bonchev–Trinajstić information content (AvgIpc) is 3.45. The molecule has 0 aliphatic rings. The third kappa shape index (κ3) is 8.74. The summed E-state index contributed by atoms with van der Waals surface area (Å²) in [5.74, 6) is 0.676. The smallest absolute Gasteiger partial charge is 0.160 e. The minimum absolute atomic E-state index is 0.676. The summed E-state index contributed by atoms with van der Waals surface area (Å²) < 4.78 is 0. The van der Waals surface area contributed by atoms with Crippen molar-refractivity contribution in [3.05, 3.63) is 279 Å². The molecule has 0 aliphatic heterocycles. The molecule has 0 radical (unpaired) electrons. The molecule has 0 unspecified atom stereocenters. The molecule has 12 rings (SSSR count). The first-order valence-electron chi connectivity index (χ1n) is 23.9. The van der Waals surface area contributed by atoms with Gasteiger partial charge in [-0.15, -0.1) is 0 Å². The molecule has 328 valence electrons. The second-order valence-corrected chi connectivity index (χ2v) is 17.8. The molecule has 0 saturated carbocycles. The van der Waals surface area contributed by atoms with Crippen molar-refractivity contribution in [2.45, 2.75) is 0 Å². The maximum absolute atomic E-state index is 5.35. The third-order valence-corrected chi connectivity index (χ3v) is 13.3. The lowest BCUT2D eigenvalue weighted by atomic mass is 9.95. The minimum atomic E-state index is 0.676. The normalized spacial score (nSPS) is 11.1. The van der Waals surface area contributed by atoms with Gasteiger partial charge >= 0.3 is 0 Å². The summed E-state index contributed by atoms with van der Waals surface area (Å²) in [6.07, 6.45) is 0. The van der Waals surface area contributed by atoms with Crippen molar-refractivity contribution in [1.29, 1.82) is 0 Å². The molecule has 0 amide bonds. The van der Waals surface area contributed by atoms with Crippen LogP contribution in [0.15, 0.2) is 279 Å². The zero-order chi connectivity index (χ0) is 46.6. The van der Waals surface area contributed by atoms with Crippen molar-refractivity contribution in [3.63, 3.8) is 0 Å². The molecule has 0 N–H and O–H groups in total. The fourth-order valence-corrected chi connectivity index (χ4v) is 9.64. The molecule has 0 fully saturated rings. The number of aromatic nitrogens is 2. The largest absolute Gasteiger partial charge is 0.228 e. The predicted octanol–water partition coefficient (Wildman–Crippen LogP) is 18.3. The number of fused-ring (bicyclic) bond motifs is 1. The van der Waals surface area contributed by atoms with E-state index in [2.05, 4.69) is 279 Å². The first kappa shape index (κ1) is 42.1. The van der Waals surface area contributed by atoms with Crippen molar-refractivity contribution >= 4 is 10.8 Å². The van der Waals surface area contributed by atoms with Gasteiger partial charge in [-0.1, -0.05) is 237 Å². The van der Waals surface area contributed by atoms with Crippen molar-refractivity contribution in [3.8, 4) is 112 Å². The van der Waals surface area contributed by atoms with Crippen LogP contribution in [0.25, 0.3) is 123 Å². The zero-order valence-electron chi connectivity index (χ0n) is 38.5. The summed E-state index contributed by atoms with van der Waals surface area (Å²) in [5.41, 5.74) is 21.2. The Morgan fingerprint density at radius 3 is 1.01 bits per heavy atom. The fourth-order valence-electron chi connectivity index (χ4n) is 9.64. The highest BCUT2D eigenvalue weighted by atomic mass is 14.9. The molecule has 2 nitrogen and oxygen atoms in total. The van der Waals surface area contributed by atoms with Crippen LogP contribution in [0.3, 0.4) is 0 Å². The Kier molecular flexibility index (Phi) is 11.3. The van der Waals surface area contributed by atoms with E-state index in [0.29, 0.717) is 5.82 Å². The van der Waals surface area contributed by atoms with E-state index in [1.54, 1.807) is 0 Å². The van der Waals surface area contributed by atoms with E-state index in [4.69, 9.17) is 9.97 Å². The highest BCUT2D eigenvalue weighted by Crippen LogP contribution is 2.37. The highest BCUT2D eigenvalue weighted by Gasteiger charge is 2.15. The van der Waals surface area contributed by atoms with Crippen LogP contribution in [-0.2, 0) is 0 Å². The minimum Gasteiger partial charge on any atom is -0.228 e. The van der Waals surface area contributed by atoms with Crippen molar-refractivity contribution in [2.24, 2.45) is 0 Å². The molecule has 11 aromatic carbocycles. The van der Waals surface area contributed by atoms with E-state index in [9.17, 15) is 0 Å². The lowest BCUT2D eigenvalue weighted by Crippen LogP contribution is -1.96. The molecular formula is C68H46N2. The molecule has 12 aromatic rings. The number of nitrogens with zero attached hydrogens (tertiary/aromatic N) is 2. The van der Waals surface area contributed by atoms with Crippen molar-refractivity contribution < 1.29 is 0 Å². The topological polar surface area (TPSA) is 25.8 Å². The van der Waals surface area contributed by atoms with Gasteiger partial charge in [-0.05, 0) is 131 Å².